The number of fused-ring (bicyclic) bond motifs is 2. The molecule has 13 heavy (non-hydrogen) atoms. The van der Waals surface area contributed by atoms with Gasteiger partial charge in [-0.25, -0.2) is 0 Å². The summed E-state index contributed by atoms with van der Waals surface area (Å²) in [6.07, 6.45) is 1.74. The minimum absolute atomic E-state index is 0.939. The lowest BCUT2D eigenvalue weighted by Crippen LogP contribution is -2.48. The standard InChI is InChI=1S/C7H11N5O/c1-10-2-3-11-7(5-10)6-4-8-13-12(6)9-11/h4,9H,2-3,5H2,1H3. The van der Waals surface area contributed by atoms with Crippen molar-refractivity contribution < 1.29 is 4.94 Å². The van der Waals surface area contributed by atoms with Crippen molar-refractivity contribution in [3.63, 3.8) is 0 Å². The average molecular weight is 181 g/mol. The van der Waals surface area contributed by atoms with Gasteiger partial charge in [0, 0.05) is 19.6 Å². The van der Waals surface area contributed by atoms with Gasteiger partial charge in [-0.2, -0.15) is 0 Å². The lowest BCUT2D eigenvalue weighted by molar-refractivity contribution is -0.173. The second kappa shape index (κ2) is 2.36. The van der Waals surface area contributed by atoms with Crippen molar-refractivity contribution in [1.29, 1.82) is 0 Å². The van der Waals surface area contributed by atoms with Crippen molar-refractivity contribution in [2.75, 3.05) is 26.7 Å². The van der Waals surface area contributed by atoms with Crippen LogP contribution in [0.15, 0.2) is 16.5 Å². The molecule has 0 radical (unpaired) electrons. The van der Waals surface area contributed by atoms with E-state index in [1.54, 1.807) is 11.4 Å². The normalized spacial score (nSPS) is 26.5. The van der Waals surface area contributed by atoms with E-state index in [2.05, 4.69) is 27.6 Å². The Bertz CT molecular complexity index is 299. The molecule has 3 rings (SSSR count). The summed E-state index contributed by atoms with van der Waals surface area (Å²) in [5.74, 6) is 0. The number of hydrogen-bond acceptors (Lipinski definition) is 6. The third-order valence-corrected chi connectivity index (χ3v) is 2.48. The number of nitrogens with zero attached hydrogens (tertiary/aromatic N) is 4. The molecule has 1 N–H and O–H groups in total. The van der Waals surface area contributed by atoms with Crippen molar-refractivity contribution in [3.05, 3.63) is 11.4 Å². The Morgan fingerprint density at radius 3 is 3.38 bits per heavy atom. The second-order valence-corrected chi connectivity index (χ2v) is 3.43. The molecule has 3 aliphatic heterocycles. The molecule has 0 aromatic carbocycles. The van der Waals surface area contributed by atoms with Crippen LogP contribution in [0.25, 0.3) is 0 Å². The van der Waals surface area contributed by atoms with E-state index in [9.17, 15) is 0 Å². The summed E-state index contributed by atoms with van der Waals surface area (Å²) in [6, 6.07) is 0. The first kappa shape index (κ1) is 7.16. The Kier molecular flexibility index (Phi) is 1.30. The van der Waals surface area contributed by atoms with Crippen molar-refractivity contribution in [2.45, 2.75) is 0 Å². The van der Waals surface area contributed by atoms with Gasteiger partial charge in [-0.1, -0.05) is 10.3 Å². The fourth-order valence-electron chi connectivity index (χ4n) is 1.75. The van der Waals surface area contributed by atoms with E-state index in [1.165, 1.54) is 5.70 Å². The van der Waals surface area contributed by atoms with Crippen LogP contribution in [0.4, 0.5) is 0 Å². The molecule has 0 atom stereocenters. The van der Waals surface area contributed by atoms with E-state index in [4.69, 9.17) is 4.94 Å². The Labute approximate surface area is 75.9 Å². The largest absolute Gasteiger partial charge is 0.299 e. The third kappa shape index (κ3) is 0.925. The van der Waals surface area contributed by atoms with Gasteiger partial charge in [0.05, 0.1) is 5.70 Å². The number of nitrogens with one attached hydrogen (secondary N) is 1. The molecule has 6 nitrogen and oxygen atoms in total. The van der Waals surface area contributed by atoms with E-state index in [1.807, 2.05) is 0 Å². The van der Waals surface area contributed by atoms with Gasteiger partial charge in [0.2, 0.25) is 0 Å². The Hall–Kier alpha value is -1.27. The lowest BCUT2D eigenvalue weighted by Gasteiger charge is -2.31. The van der Waals surface area contributed by atoms with Gasteiger partial charge in [-0.05, 0) is 7.05 Å². The SMILES string of the molecule is CN1CCN2NN3ON=CC3=C2C1. The molecule has 3 heterocycles. The van der Waals surface area contributed by atoms with E-state index in [0.29, 0.717) is 0 Å². The average Bonchev–Trinajstić information content (AvgIpc) is 2.64. The summed E-state index contributed by atoms with van der Waals surface area (Å²) in [6.45, 7) is 2.98. The number of piperazine rings is 1. The summed E-state index contributed by atoms with van der Waals surface area (Å²) in [7, 11) is 2.11. The molecule has 0 bridgehead atoms. The summed E-state index contributed by atoms with van der Waals surface area (Å²) in [5.41, 5.74) is 5.35. The predicted molar refractivity (Wildman–Crippen MR) is 45.8 cm³/mol. The summed E-state index contributed by atoms with van der Waals surface area (Å²) in [5, 5.41) is 7.41. The van der Waals surface area contributed by atoms with Gasteiger partial charge in [0.1, 0.15) is 11.9 Å². The van der Waals surface area contributed by atoms with Crippen LogP contribution in [-0.2, 0) is 4.94 Å². The van der Waals surface area contributed by atoms with Crippen LogP contribution in [0.5, 0.6) is 0 Å². The monoisotopic (exact) mass is 181 g/mol. The fraction of sp³-hybridized carbons (Fsp3) is 0.571. The number of oxime groups is 1. The van der Waals surface area contributed by atoms with Crippen molar-refractivity contribution in [3.8, 4) is 0 Å². The molecule has 70 valence electrons. The van der Waals surface area contributed by atoms with Gasteiger partial charge in [0.25, 0.3) is 0 Å². The van der Waals surface area contributed by atoms with Gasteiger partial charge in [0.15, 0.2) is 0 Å². The highest BCUT2D eigenvalue weighted by Gasteiger charge is 2.35. The quantitative estimate of drug-likeness (QED) is 0.525. The van der Waals surface area contributed by atoms with Crippen LogP contribution in [0.2, 0.25) is 0 Å². The molecule has 0 aromatic heterocycles. The highest BCUT2D eigenvalue weighted by Crippen LogP contribution is 2.24. The molecular weight excluding hydrogens is 170 g/mol. The third-order valence-electron chi connectivity index (χ3n) is 2.48. The summed E-state index contributed by atoms with van der Waals surface area (Å²) >= 11 is 0. The summed E-state index contributed by atoms with van der Waals surface area (Å²) < 4.78 is 0. The molecule has 0 aromatic rings. The van der Waals surface area contributed by atoms with Crippen LogP contribution < -0.4 is 5.53 Å². The molecule has 0 amide bonds. The summed E-state index contributed by atoms with van der Waals surface area (Å²) in [4.78, 5) is 7.25. The van der Waals surface area contributed by atoms with E-state index in [0.717, 1.165) is 25.3 Å². The zero-order valence-electron chi connectivity index (χ0n) is 7.40. The van der Waals surface area contributed by atoms with Gasteiger partial charge < -0.3 is 0 Å². The topological polar surface area (TPSA) is 43.3 Å². The molecule has 1 fully saturated rings. The first-order valence-corrected chi connectivity index (χ1v) is 4.31. The first-order chi connectivity index (χ1) is 6.34. The number of likely N-dealkylation sites (N-methyl/N-ethyl adjacent to an activating group) is 1. The number of hydrazine groups is 2. The number of hydroxylamine groups is 1. The van der Waals surface area contributed by atoms with Crippen molar-refractivity contribution >= 4 is 6.21 Å². The van der Waals surface area contributed by atoms with Crippen LogP contribution in [0.3, 0.4) is 0 Å². The smallest absolute Gasteiger partial charge is 0.142 e. The highest BCUT2D eigenvalue weighted by molar-refractivity contribution is 5.79. The van der Waals surface area contributed by atoms with Gasteiger partial charge in [-0.3, -0.25) is 14.8 Å². The first-order valence-electron chi connectivity index (χ1n) is 4.31. The molecular formula is C7H11N5O. The maximum atomic E-state index is 4.98. The Morgan fingerprint density at radius 2 is 2.46 bits per heavy atom. The molecule has 0 unspecified atom stereocenters. The zero-order valence-corrected chi connectivity index (χ0v) is 7.40. The highest BCUT2D eigenvalue weighted by atomic mass is 16.8. The van der Waals surface area contributed by atoms with Crippen molar-refractivity contribution in [2.24, 2.45) is 5.16 Å². The minimum Gasteiger partial charge on any atom is -0.299 e. The Morgan fingerprint density at radius 1 is 1.54 bits per heavy atom. The maximum Gasteiger partial charge on any atom is 0.142 e. The van der Waals surface area contributed by atoms with Gasteiger partial charge in [-0.15, -0.1) is 5.53 Å². The van der Waals surface area contributed by atoms with Crippen LogP contribution in [0, 0.1) is 0 Å². The van der Waals surface area contributed by atoms with Crippen molar-refractivity contribution in [1.82, 2.24) is 20.6 Å². The predicted octanol–water partition coefficient (Wildman–Crippen LogP) is -0.888. The number of hydrogen-bond donors (Lipinski definition) is 1. The molecule has 6 heteroatoms. The Balaban J connectivity index is 1.95. The van der Waals surface area contributed by atoms with Crippen LogP contribution in [-0.4, -0.2) is 48.0 Å². The van der Waals surface area contributed by atoms with Crippen LogP contribution >= 0.6 is 0 Å². The zero-order chi connectivity index (χ0) is 8.84. The molecule has 0 spiro atoms. The fourth-order valence-corrected chi connectivity index (χ4v) is 1.75. The minimum atomic E-state index is 0.939. The van der Waals surface area contributed by atoms with E-state index >= 15 is 0 Å². The van der Waals surface area contributed by atoms with Crippen LogP contribution in [0.1, 0.15) is 0 Å². The maximum absolute atomic E-state index is 4.98. The number of allylic oxidation sites excluding steroid dienone is 1. The lowest BCUT2D eigenvalue weighted by atomic mass is 10.2. The molecule has 0 saturated carbocycles. The second-order valence-electron chi connectivity index (χ2n) is 3.43. The molecule has 3 aliphatic rings. The number of rotatable bonds is 0. The van der Waals surface area contributed by atoms with E-state index in [-0.39, 0.29) is 0 Å². The molecule has 1 saturated heterocycles. The van der Waals surface area contributed by atoms with Gasteiger partial charge >= 0.3 is 0 Å². The van der Waals surface area contributed by atoms with E-state index < -0.39 is 0 Å². The molecule has 0 aliphatic carbocycles.